The third-order valence-corrected chi connectivity index (χ3v) is 7.50. The number of carbonyl (C=O) groups excluding carboxylic acids is 2. The van der Waals surface area contributed by atoms with Gasteiger partial charge in [-0.25, -0.2) is 4.68 Å². The van der Waals surface area contributed by atoms with Crippen molar-refractivity contribution < 1.29 is 22.8 Å². The lowest BCUT2D eigenvalue weighted by molar-refractivity contribution is -0.0615. The number of benzene rings is 2. The predicted molar refractivity (Wildman–Crippen MR) is 167 cm³/mol. The van der Waals surface area contributed by atoms with Crippen molar-refractivity contribution in [2.45, 2.75) is 52.8 Å². The Balaban J connectivity index is 1.69. The van der Waals surface area contributed by atoms with Crippen molar-refractivity contribution >= 4 is 34.9 Å². The third kappa shape index (κ3) is 8.10. The Morgan fingerprint density at radius 2 is 1.91 bits per heavy atom. The van der Waals surface area contributed by atoms with Crippen molar-refractivity contribution in [3.63, 3.8) is 0 Å². The van der Waals surface area contributed by atoms with Gasteiger partial charge in [0.1, 0.15) is 5.69 Å². The highest BCUT2D eigenvalue weighted by atomic mass is 35.5. The highest BCUT2D eigenvalue weighted by Gasteiger charge is 2.37. The fourth-order valence-electron chi connectivity index (χ4n) is 4.79. The van der Waals surface area contributed by atoms with Gasteiger partial charge in [-0.15, -0.1) is 0 Å². The van der Waals surface area contributed by atoms with Crippen molar-refractivity contribution in [1.29, 1.82) is 5.26 Å². The molecule has 3 N–H and O–H groups in total. The number of nitrogens with zero attached hydrogens (tertiary/aromatic N) is 4. The van der Waals surface area contributed by atoms with E-state index in [-0.39, 0.29) is 47.2 Å². The Labute approximate surface area is 264 Å². The first kappa shape index (κ1) is 33.3. The summed E-state index contributed by atoms with van der Waals surface area (Å²) in [5.41, 5.74) is 2.06. The van der Waals surface area contributed by atoms with E-state index in [2.05, 4.69) is 26.0 Å². The van der Waals surface area contributed by atoms with Crippen molar-refractivity contribution in [1.82, 2.24) is 20.4 Å². The second-order valence-electron chi connectivity index (χ2n) is 11.2. The van der Waals surface area contributed by atoms with Crippen LogP contribution in [0, 0.1) is 30.1 Å². The van der Waals surface area contributed by atoms with Crippen LogP contribution in [0.5, 0.6) is 0 Å². The zero-order chi connectivity index (χ0) is 32.9. The number of aromatic nitrogens is 2. The van der Waals surface area contributed by atoms with E-state index in [9.17, 15) is 28.0 Å². The molecular weight excluding hydrogens is 607 g/mol. The first-order valence-electron chi connectivity index (χ1n) is 14.3. The lowest BCUT2D eigenvalue weighted by atomic mass is 9.97. The lowest BCUT2D eigenvalue weighted by Gasteiger charge is -2.17. The molecule has 0 spiro atoms. The molecule has 0 saturated heterocycles. The number of aliphatic imine (C=N–C) groups is 1. The number of rotatable bonds is 9. The van der Waals surface area contributed by atoms with E-state index in [1.165, 1.54) is 16.9 Å². The average molecular weight is 640 g/mol. The highest BCUT2D eigenvalue weighted by Crippen LogP contribution is 2.28. The summed E-state index contributed by atoms with van der Waals surface area (Å²) >= 11 is 6.47. The summed E-state index contributed by atoms with van der Waals surface area (Å²) < 4.78 is 41.6. The summed E-state index contributed by atoms with van der Waals surface area (Å²) in [5.74, 6) is -2.23. The van der Waals surface area contributed by atoms with E-state index in [1.807, 2.05) is 19.9 Å². The molecule has 0 aliphatic carbocycles. The van der Waals surface area contributed by atoms with E-state index < -0.39 is 29.9 Å². The van der Waals surface area contributed by atoms with E-state index in [1.54, 1.807) is 56.3 Å². The SMILES string of the molecule is Cc1cc(C#N)cc(C(=O)NCC(C)C)c1NC(=O)c1cc(CCC2N=C(C(F)(F)F)NC=CC2C)nn1-c1ccccc1Cl. The van der Waals surface area contributed by atoms with Gasteiger partial charge in [0.25, 0.3) is 11.8 Å². The zero-order valence-electron chi connectivity index (χ0n) is 25.2. The number of amidine groups is 1. The fourth-order valence-corrected chi connectivity index (χ4v) is 5.01. The average Bonchev–Trinajstić information content (AvgIpc) is 3.31. The molecule has 0 fully saturated rings. The summed E-state index contributed by atoms with van der Waals surface area (Å²) in [7, 11) is 0. The summed E-state index contributed by atoms with van der Waals surface area (Å²) in [6, 6.07) is 12.6. The van der Waals surface area contributed by atoms with Gasteiger partial charge >= 0.3 is 6.18 Å². The minimum absolute atomic E-state index is 0.0883. The number of hydrogen-bond acceptors (Lipinski definition) is 6. The van der Waals surface area contributed by atoms with Gasteiger partial charge in [-0.05, 0) is 73.7 Å². The molecule has 1 aliphatic rings. The van der Waals surface area contributed by atoms with Crippen LogP contribution in [0.3, 0.4) is 0 Å². The molecule has 2 amide bonds. The number of nitrogens with one attached hydrogen (secondary N) is 3. The maximum atomic E-state index is 13.9. The summed E-state index contributed by atoms with van der Waals surface area (Å²) in [6.45, 7) is 7.74. The molecule has 1 aliphatic heterocycles. The van der Waals surface area contributed by atoms with Crippen molar-refractivity contribution in [2.24, 2.45) is 16.8 Å². The molecule has 0 saturated carbocycles. The number of amides is 2. The Morgan fingerprint density at radius 1 is 1.18 bits per heavy atom. The van der Waals surface area contributed by atoms with Gasteiger partial charge in [-0.3, -0.25) is 14.6 Å². The number of alkyl halides is 3. The molecule has 0 bridgehead atoms. The van der Waals surface area contributed by atoms with Crippen molar-refractivity contribution in [3.05, 3.63) is 87.8 Å². The molecule has 4 rings (SSSR count). The molecule has 2 atom stereocenters. The third-order valence-electron chi connectivity index (χ3n) is 7.18. The summed E-state index contributed by atoms with van der Waals surface area (Å²) in [4.78, 5) is 30.9. The molecule has 236 valence electrons. The zero-order valence-corrected chi connectivity index (χ0v) is 25.9. The van der Waals surface area contributed by atoms with Gasteiger partial charge in [0, 0.05) is 6.54 Å². The maximum Gasteiger partial charge on any atom is 0.449 e. The van der Waals surface area contributed by atoms with Crippen LogP contribution in [0.4, 0.5) is 18.9 Å². The van der Waals surface area contributed by atoms with Gasteiger partial charge < -0.3 is 16.0 Å². The molecule has 2 aromatic carbocycles. The summed E-state index contributed by atoms with van der Waals surface area (Å²) in [5, 5.41) is 22.3. The van der Waals surface area contributed by atoms with Gasteiger partial charge in [0.2, 0.25) is 5.84 Å². The van der Waals surface area contributed by atoms with Crippen molar-refractivity contribution in [2.75, 3.05) is 11.9 Å². The van der Waals surface area contributed by atoms with Crippen LogP contribution in [-0.4, -0.2) is 46.2 Å². The lowest BCUT2D eigenvalue weighted by Crippen LogP contribution is -2.34. The van der Waals surface area contributed by atoms with E-state index in [0.717, 1.165) is 0 Å². The molecule has 45 heavy (non-hydrogen) atoms. The maximum absolute atomic E-state index is 13.9. The Morgan fingerprint density at radius 3 is 2.58 bits per heavy atom. The molecule has 3 aromatic rings. The second-order valence-corrected chi connectivity index (χ2v) is 11.6. The molecule has 0 radical (unpaired) electrons. The predicted octanol–water partition coefficient (Wildman–Crippen LogP) is 6.36. The summed E-state index contributed by atoms with van der Waals surface area (Å²) in [6.07, 6.45) is -1.31. The van der Waals surface area contributed by atoms with Crippen LogP contribution in [0.1, 0.15) is 64.9 Å². The highest BCUT2D eigenvalue weighted by molar-refractivity contribution is 6.32. The second kappa shape index (κ2) is 14.0. The number of hydrogen-bond donors (Lipinski definition) is 3. The standard InChI is InChI=1S/C32H33ClF3N7O2/c1-18(2)17-39-29(44)23-14-21(16-37)13-20(4)28(23)41-30(45)27-15-22(42-43(27)26-8-6-5-7-24(26)33)9-10-25-19(3)11-12-38-31(40-25)32(34,35)36/h5-8,11-15,18-19,25H,9-10,17H2,1-4H3,(H,38,40)(H,39,44)(H,41,45). The monoisotopic (exact) mass is 639 g/mol. The number of carbonyl (C=O) groups is 2. The molecule has 1 aromatic heterocycles. The van der Waals surface area contributed by atoms with Gasteiger partial charge in [0.15, 0.2) is 0 Å². The van der Waals surface area contributed by atoms with Crippen LogP contribution in [0.25, 0.3) is 5.69 Å². The largest absolute Gasteiger partial charge is 0.449 e. The minimum atomic E-state index is -4.63. The van der Waals surface area contributed by atoms with Crippen LogP contribution < -0.4 is 16.0 Å². The van der Waals surface area contributed by atoms with Crippen LogP contribution in [-0.2, 0) is 6.42 Å². The molecule has 13 heteroatoms. The van der Waals surface area contributed by atoms with E-state index in [0.29, 0.717) is 28.5 Å². The first-order chi connectivity index (χ1) is 21.3. The van der Waals surface area contributed by atoms with Crippen LogP contribution >= 0.6 is 11.6 Å². The molecule has 2 heterocycles. The van der Waals surface area contributed by atoms with Crippen molar-refractivity contribution in [3.8, 4) is 11.8 Å². The molecule has 2 unspecified atom stereocenters. The number of anilines is 1. The number of aryl methyl sites for hydroxylation is 2. The molecular formula is C32H33ClF3N7O2. The fraction of sp³-hybridized carbons (Fsp3) is 0.344. The van der Waals surface area contributed by atoms with Gasteiger partial charge in [-0.1, -0.05) is 50.6 Å². The molecule has 9 nitrogen and oxygen atoms in total. The van der Waals surface area contributed by atoms with E-state index >= 15 is 0 Å². The van der Waals surface area contributed by atoms with Gasteiger partial charge in [-0.2, -0.15) is 23.5 Å². The number of para-hydroxylation sites is 1. The van der Waals surface area contributed by atoms with Gasteiger partial charge in [0.05, 0.1) is 45.3 Å². The first-order valence-corrected chi connectivity index (χ1v) is 14.7. The van der Waals surface area contributed by atoms with Crippen LogP contribution in [0.2, 0.25) is 5.02 Å². The normalized spacial score (nSPS) is 16.4. The Hall–Kier alpha value is -4.63. The number of halogens is 4. The topological polar surface area (TPSA) is 124 Å². The Bertz CT molecular complexity index is 1690. The smallest absolute Gasteiger partial charge is 0.352 e. The number of nitriles is 1. The van der Waals surface area contributed by atoms with E-state index in [4.69, 9.17) is 11.6 Å². The minimum Gasteiger partial charge on any atom is -0.352 e. The van der Waals surface area contributed by atoms with Crippen LogP contribution in [0.15, 0.2) is 59.7 Å². The quantitative estimate of drug-likeness (QED) is 0.251. The Kier molecular flexibility index (Phi) is 10.3.